The highest BCUT2D eigenvalue weighted by Crippen LogP contribution is 2.30. The number of hydrogen-bond acceptors (Lipinski definition) is 3. The molecule has 0 spiro atoms. The number of nitrogens with zero attached hydrogens (tertiary/aromatic N) is 3. The van der Waals surface area contributed by atoms with Gasteiger partial charge in [0.2, 0.25) is 0 Å². The SMILES string of the molecule is Cc1ccc(C#N)c(N(C)C2CCCCC2C)n1. The average molecular weight is 243 g/mol. The number of aromatic nitrogens is 1. The van der Waals surface area contributed by atoms with Gasteiger partial charge in [-0.1, -0.05) is 19.8 Å². The summed E-state index contributed by atoms with van der Waals surface area (Å²) in [6.45, 7) is 4.28. The monoisotopic (exact) mass is 243 g/mol. The van der Waals surface area contributed by atoms with E-state index >= 15 is 0 Å². The Morgan fingerprint density at radius 3 is 2.72 bits per heavy atom. The Morgan fingerprint density at radius 2 is 2.06 bits per heavy atom. The van der Waals surface area contributed by atoms with Crippen LogP contribution in [0.1, 0.15) is 43.9 Å². The van der Waals surface area contributed by atoms with Crippen LogP contribution in [0, 0.1) is 24.2 Å². The van der Waals surface area contributed by atoms with Gasteiger partial charge < -0.3 is 4.90 Å². The quantitative estimate of drug-likeness (QED) is 0.800. The molecule has 1 heterocycles. The first-order chi connectivity index (χ1) is 8.63. The molecule has 0 bridgehead atoms. The molecule has 2 rings (SSSR count). The van der Waals surface area contributed by atoms with Crippen molar-refractivity contribution in [2.45, 2.75) is 45.6 Å². The van der Waals surface area contributed by atoms with Crippen LogP contribution in [0.4, 0.5) is 5.82 Å². The van der Waals surface area contributed by atoms with Crippen molar-refractivity contribution < 1.29 is 0 Å². The molecule has 0 aromatic carbocycles. The highest BCUT2D eigenvalue weighted by Gasteiger charge is 2.27. The first-order valence-corrected chi connectivity index (χ1v) is 6.74. The highest BCUT2D eigenvalue weighted by atomic mass is 15.2. The van der Waals surface area contributed by atoms with E-state index in [-0.39, 0.29) is 0 Å². The Morgan fingerprint density at radius 1 is 1.33 bits per heavy atom. The number of hydrogen-bond donors (Lipinski definition) is 0. The number of anilines is 1. The summed E-state index contributed by atoms with van der Waals surface area (Å²) in [5, 5.41) is 9.21. The van der Waals surface area contributed by atoms with Gasteiger partial charge in [0.05, 0.1) is 5.56 Å². The van der Waals surface area contributed by atoms with E-state index in [4.69, 9.17) is 0 Å². The molecule has 1 fully saturated rings. The Bertz CT molecular complexity index is 461. The lowest BCUT2D eigenvalue weighted by molar-refractivity contribution is 0.320. The van der Waals surface area contributed by atoms with Crippen molar-refractivity contribution in [1.82, 2.24) is 4.98 Å². The molecular formula is C15H21N3. The second-order valence-corrected chi connectivity index (χ2v) is 5.38. The predicted molar refractivity (Wildman–Crippen MR) is 73.5 cm³/mol. The van der Waals surface area contributed by atoms with Crippen molar-refractivity contribution in [3.05, 3.63) is 23.4 Å². The average Bonchev–Trinajstić information content (AvgIpc) is 2.38. The molecule has 18 heavy (non-hydrogen) atoms. The largest absolute Gasteiger partial charge is 0.355 e. The van der Waals surface area contributed by atoms with Gasteiger partial charge in [-0.2, -0.15) is 5.26 Å². The van der Waals surface area contributed by atoms with Crippen LogP contribution in [0.15, 0.2) is 12.1 Å². The lowest BCUT2D eigenvalue weighted by Gasteiger charge is -2.37. The second kappa shape index (κ2) is 5.39. The van der Waals surface area contributed by atoms with Gasteiger partial charge in [-0.15, -0.1) is 0 Å². The Kier molecular flexibility index (Phi) is 3.86. The van der Waals surface area contributed by atoms with Crippen LogP contribution in [0.5, 0.6) is 0 Å². The van der Waals surface area contributed by atoms with Gasteiger partial charge in [0, 0.05) is 18.8 Å². The van der Waals surface area contributed by atoms with E-state index < -0.39 is 0 Å². The summed E-state index contributed by atoms with van der Waals surface area (Å²) in [6, 6.07) is 6.55. The van der Waals surface area contributed by atoms with Gasteiger partial charge in [-0.25, -0.2) is 4.98 Å². The third-order valence-electron chi connectivity index (χ3n) is 4.03. The summed E-state index contributed by atoms with van der Waals surface area (Å²) in [4.78, 5) is 6.77. The third kappa shape index (κ3) is 2.48. The molecule has 0 amide bonds. The molecule has 3 heteroatoms. The number of rotatable bonds is 2. The second-order valence-electron chi connectivity index (χ2n) is 5.38. The fourth-order valence-corrected chi connectivity index (χ4v) is 2.93. The number of pyridine rings is 1. The molecule has 3 nitrogen and oxygen atoms in total. The van der Waals surface area contributed by atoms with Gasteiger partial charge in [0.1, 0.15) is 11.9 Å². The zero-order valence-corrected chi connectivity index (χ0v) is 11.5. The van der Waals surface area contributed by atoms with E-state index in [0.29, 0.717) is 17.5 Å². The van der Waals surface area contributed by atoms with Gasteiger partial charge in [0.25, 0.3) is 0 Å². The number of nitriles is 1. The van der Waals surface area contributed by atoms with Gasteiger partial charge in [0.15, 0.2) is 0 Å². The normalized spacial score (nSPS) is 23.4. The van der Waals surface area contributed by atoms with Crippen molar-refractivity contribution in [3.8, 4) is 6.07 Å². The molecule has 0 saturated heterocycles. The predicted octanol–water partition coefficient (Wildman–Crippen LogP) is 3.28. The van der Waals surface area contributed by atoms with Crippen LogP contribution >= 0.6 is 0 Å². The molecule has 2 atom stereocenters. The summed E-state index contributed by atoms with van der Waals surface area (Å²) in [5.41, 5.74) is 1.65. The molecule has 0 aliphatic heterocycles. The third-order valence-corrected chi connectivity index (χ3v) is 4.03. The summed E-state index contributed by atoms with van der Waals surface area (Å²) in [6.07, 6.45) is 5.10. The van der Waals surface area contributed by atoms with Crippen molar-refractivity contribution >= 4 is 5.82 Å². The van der Waals surface area contributed by atoms with Crippen LogP contribution in [0.2, 0.25) is 0 Å². The van der Waals surface area contributed by atoms with E-state index in [9.17, 15) is 5.26 Å². The van der Waals surface area contributed by atoms with Crippen molar-refractivity contribution in [3.63, 3.8) is 0 Å². The fourth-order valence-electron chi connectivity index (χ4n) is 2.93. The van der Waals surface area contributed by atoms with Crippen LogP contribution in [-0.4, -0.2) is 18.1 Å². The van der Waals surface area contributed by atoms with E-state index in [1.807, 2.05) is 19.1 Å². The first kappa shape index (κ1) is 12.9. The van der Waals surface area contributed by atoms with Gasteiger partial charge >= 0.3 is 0 Å². The minimum absolute atomic E-state index is 0.514. The molecule has 96 valence electrons. The summed E-state index contributed by atoms with van der Waals surface area (Å²) < 4.78 is 0. The summed E-state index contributed by atoms with van der Waals surface area (Å²) >= 11 is 0. The Balaban J connectivity index is 2.30. The smallest absolute Gasteiger partial charge is 0.146 e. The molecule has 2 unspecified atom stereocenters. The van der Waals surface area contributed by atoms with Crippen molar-refractivity contribution in [1.29, 1.82) is 5.26 Å². The van der Waals surface area contributed by atoms with Gasteiger partial charge in [-0.05, 0) is 37.8 Å². The van der Waals surface area contributed by atoms with E-state index in [1.165, 1.54) is 25.7 Å². The molecule has 1 aliphatic carbocycles. The molecule has 1 aliphatic rings. The molecular weight excluding hydrogens is 222 g/mol. The lowest BCUT2D eigenvalue weighted by Crippen LogP contribution is -2.39. The Hall–Kier alpha value is -1.56. The first-order valence-electron chi connectivity index (χ1n) is 6.74. The molecule has 1 saturated carbocycles. The van der Waals surface area contributed by atoms with Crippen LogP contribution < -0.4 is 4.90 Å². The molecule has 1 aromatic rings. The topological polar surface area (TPSA) is 39.9 Å². The van der Waals surface area contributed by atoms with Crippen LogP contribution in [0.3, 0.4) is 0 Å². The van der Waals surface area contributed by atoms with E-state index in [1.54, 1.807) is 0 Å². The molecule has 0 radical (unpaired) electrons. The van der Waals surface area contributed by atoms with Gasteiger partial charge in [-0.3, -0.25) is 0 Å². The van der Waals surface area contributed by atoms with E-state index in [2.05, 4.69) is 29.9 Å². The maximum atomic E-state index is 9.21. The zero-order chi connectivity index (χ0) is 13.1. The lowest BCUT2D eigenvalue weighted by atomic mass is 9.85. The highest BCUT2D eigenvalue weighted by molar-refractivity contribution is 5.54. The summed E-state index contributed by atoms with van der Waals surface area (Å²) in [5.74, 6) is 1.52. The fraction of sp³-hybridized carbons (Fsp3) is 0.600. The van der Waals surface area contributed by atoms with Crippen LogP contribution in [0.25, 0.3) is 0 Å². The molecule has 0 N–H and O–H groups in total. The van der Waals surface area contributed by atoms with Crippen molar-refractivity contribution in [2.24, 2.45) is 5.92 Å². The maximum absolute atomic E-state index is 9.21. The minimum Gasteiger partial charge on any atom is -0.355 e. The standard InChI is InChI=1S/C15H21N3/c1-11-6-4-5-7-14(11)18(3)15-13(10-16)9-8-12(2)17-15/h8-9,11,14H,4-7H2,1-3H3. The summed E-state index contributed by atoms with van der Waals surface area (Å²) in [7, 11) is 2.08. The molecule has 1 aromatic heterocycles. The number of aryl methyl sites for hydroxylation is 1. The maximum Gasteiger partial charge on any atom is 0.146 e. The van der Waals surface area contributed by atoms with E-state index in [0.717, 1.165) is 11.5 Å². The minimum atomic E-state index is 0.514. The van der Waals surface area contributed by atoms with Crippen LogP contribution in [-0.2, 0) is 0 Å². The zero-order valence-electron chi connectivity index (χ0n) is 11.5. The Labute approximate surface area is 109 Å². The van der Waals surface area contributed by atoms with Crippen molar-refractivity contribution in [2.75, 3.05) is 11.9 Å².